The number of non-ortho nitro benzene ring substituents is 1. The van der Waals surface area contributed by atoms with E-state index in [4.69, 9.17) is 11.6 Å². The van der Waals surface area contributed by atoms with E-state index in [1.165, 1.54) is 49.2 Å². The van der Waals surface area contributed by atoms with E-state index >= 15 is 0 Å². The number of carbonyl (C=O) groups is 1. The van der Waals surface area contributed by atoms with Crippen molar-refractivity contribution in [2.75, 3.05) is 16.7 Å². The van der Waals surface area contributed by atoms with Crippen LogP contribution in [0.5, 0.6) is 0 Å². The number of nitro groups is 1. The number of carbonyl (C=O) groups excluding carboxylic acids is 1. The molecule has 0 saturated heterocycles. The number of aromatic nitrogens is 2. The number of benzene rings is 2. The quantitative estimate of drug-likeness (QED) is 0.441. The number of nitro benzene ring substituents is 1. The van der Waals surface area contributed by atoms with Gasteiger partial charge in [0.15, 0.2) is 5.82 Å². The molecular formula is C19H18ClN5O5S. The van der Waals surface area contributed by atoms with Crippen molar-refractivity contribution in [2.24, 2.45) is 7.05 Å². The Labute approximate surface area is 183 Å². The van der Waals surface area contributed by atoms with Crippen LogP contribution in [0.25, 0.3) is 0 Å². The number of nitrogens with zero attached hydrogens (tertiary/aromatic N) is 4. The molecule has 0 saturated carbocycles. The number of hydrogen-bond acceptors (Lipinski definition) is 6. The molecule has 3 aromatic rings. The molecule has 0 aliphatic carbocycles. The van der Waals surface area contributed by atoms with Gasteiger partial charge in [0.2, 0.25) is 0 Å². The van der Waals surface area contributed by atoms with Crippen LogP contribution in [0.4, 0.5) is 17.2 Å². The van der Waals surface area contributed by atoms with Gasteiger partial charge in [-0.2, -0.15) is 5.10 Å². The molecule has 0 atom stereocenters. The molecule has 0 aliphatic heterocycles. The molecule has 2 aromatic carbocycles. The van der Waals surface area contributed by atoms with E-state index in [2.05, 4.69) is 10.4 Å². The third-order valence-corrected chi connectivity index (χ3v) is 6.62. The molecule has 3 rings (SSSR count). The zero-order valence-corrected chi connectivity index (χ0v) is 18.3. The molecule has 12 heteroatoms. The Hall–Kier alpha value is -3.44. The lowest BCUT2D eigenvalue weighted by molar-refractivity contribution is -0.384. The summed E-state index contributed by atoms with van der Waals surface area (Å²) in [6.07, 6.45) is 1.23. The zero-order chi connectivity index (χ0) is 22.9. The normalized spacial score (nSPS) is 11.2. The maximum absolute atomic E-state index is 13.1. The van der Waals surface area contributed by atoms with E-state index in [1.54, 1.807) is 12.1 Å². The standard InChI is InChI=1S/C19H18ClN5O5S/c1-12-4-7-14(8-5-12)31(29,30)24(3)19-15(11-21-23(19)2)18(26)22-17-9-6-13(25(27)28)10-16(17)20/h4-11H,1-3H3,(H,22,26). The number of anilines is 2. The third-order valence-electron chi connectivity index (χ3n) is 4.54. The van der Waals surface area contributed by atoms with Gasteiger partial charge >= 0.3 is 0 Å². The first-order valence-corrected chi connectivity index (χ1v) is 10.7. The van der Waals surface area contributed by atoms with Gasteiger partial charge < -0.3 is 5.32 Å². The minimum absolute atomic E-state index is 0.0184. The van der Waals surface area contributed by atoms with Gasteiger partial charge in [0.25, 0.3) is 21.6 Å². The van der Waals surface area contributed by atoms with E-state index in [-0.39, 0.29) is 32.7 Å². The molecule has 1 N–H and O–H groups in total. The van der Waals surface area contributed by atoms with E-state index in [0.717, 1.165) is 15.9 Å². The second kappa shape index (κ2) is 8.36. The first kappa shape index (κ1) is 22.2. The van der Waals surface area contributed by atoms with Gasteiger partial charge in [-0.15, -0.1) is 0 Å². The highest BCUT2D eigenvalue weighted by atomic mass is 35.5. The number of rotatable bonds is 6. The molecule has 0 radical (unpaired) electrons. The van der Waals surface area contributed by atoms with Crippen LogP contribution in [0, 0.1) is 17.0 Å². The molecule has 1 heterocycles. The first-order chi connectivity index (χ1) is 14.5. The molecule has 0 unspecified atom stereocenters. The summed E-state index contributed by atoms with van der Waals surface area (Å²) in [5.74, 6) is -0.638. The van der Waals surface area contributed by atoms with Crippen molar-refractivity contribution in [3.05, 3.63) is 74.9 Å². The molecule has 1 amide bonds. The molecule has 31 heavy (non-hydrogen) atoms. The average molecular weight is 464 g/mol. The Morgan fingerprint density at radius 1 is 1.23 bits per heavy atom. The molecule has 1 aromatic heterocycles. The minimum atomic E-state index is -3.96. The van der Waals surface area contributed by atoms with Gasteiger partial charge in [-0.25, -0.2) is 8.42 Å². The van der Waals surface area contributed by atoms with E-state index in [9.17, 15) is 23.3 Å². The van der Waals surface area contributed by atoms with Crippen LogP contribution in [0.15, 0.2) is 53.6 Å². The fourth-order valence-corrected chi connectivity index (χ4v) is 4.32. The predicted octanol–water partition coefficient (Wildman–Crippen LogP) is 3.37. The lowest BCUT2D eigenvalue weighted by Crippen LogP contribution is -2.30. The SMILES string of the molecule is Cc1ccc(S(=O)(=O)N(C)c2c(C(=O)Nc3ccc([N+](=O)[O-])cc3Cl)cnn2C)cc1. The number of hydrogen-bond donors (Lipinski definition) is 1. The van der Waals surface area contributed by atoms with Gasteiger partial charge in [0.05, 0.1) is 26.7 Å². The highest BCUT2D eigenvalue weighted by molar-refractivity contribution is 7.92. The number of aryl methyl sites for hydroxylation is 2. The maximum Gasteiger partial charge on any atom is 0.271 e. The Bertz CT molecular complexity index is 1270. The van der Waals surface area contributed by atoms with Crippen molar-refractivity contribution in [2.45, 2.75) is 11.8 Å². The van der Waals surface area contributed by atoms with Crippen LogP contribution in [0.1, 0.15) is 15.9 Å². The van der Waals surface area contributed by atoms with E-state index in [1.807, 2.05) is 6.92 Å². The summed E-state index contributed by atoms with van der Waals surface area (Å²) in [5, 5.41) is 17.4. The fraction of sp³-hybridized carbons (Fsp3) is 0.158. The van der Waals surface area contributed by atoms with Gasteiger partial charge in [0.1, 0.15) is 5.56 Å². The highest BCUT2D eigenvalue weighted by Gasteiger charge is 2.29. The Morgan fingerprint density at radius 2 is 1.87 bits per heavy atom. The molecule has 10 nitrogen and oxygen atoms in total. The van der Waals surface area contributed by atoms with Crippen LogP contribution in [-0.4, -0.2) is 36.1 Å². The second-order valence-corrected chi connectivity index (χ2v) is 9.04. The number of halogens is 1. The minimum Gasteiger partial charge on any atom is -0.320 e. The third kappa shape index (κ3) is 4.37. The van der Waals surface area contributed by atoms with Crippen LogP contribution in [0.3, 0.4) is 0 Å². The molecule has 0 aliphatic rings. The number of nitrogens with one attached hydrogen (secondary N) is 1. The Balaban J connectivity index is 1.94. The van der Waals surface area contributed by atoms with Crippen LogP contribution < -0.4 is 9.62 Å². The summed E-state index contributed by atoms with van der Waals surface area (Å²) in [6.45, 7) is 1.84. The Morgan fingerprint density at radius 3 is 2.45 bits per heavy atom. The molecule has 0 bridgehead atoms. The first-order valence-electron chi connectivity index (χ1n) is 8.85. The maximum atomic E-state index is 13.1. The van der Waals surface area contributed by atoms with Gasteiger partial charge in [-0.1, -0.05) is 29.3 Å². The van der Waals surface area contributed by atoms with Gasteiger partial charge in [0, 0.05) is 26.2 Å². The zero-order valence-electron chi connectivity index (χ0n) is 16.7. The topological polar surface area (TPSA) is 127 Å². The summed E-state index contributed by atoms with van der Waals surface area (Å²) in [6, 6.07) is 9.90. The monoisotopic (exact) mass is 463 g/mol. The summed E-state index contributed by atoms with van der Waals surface area (Å²) >= 11 is 6.03. The summed E-state index contributed by atoms with van der Waals surface area (Å²) in [5.41, 5.74) is 0.794. The van der Waals surface area contributed by atoms with Crippen molar-refractivity contribution in [3.8, 4) is 0 Å². The largest absolute Gasteiger partial charge is 0.320 e. The summed E-state index contributed by atoms with van der Waals surface area (Å²) in [4.78, 5) is 23.2. The van der Waals surface area contributed by atoms with Crippen LogP contribution in [0.2, 0.25) is 5.02 Å². The van der Waals surface area contributed by atoms with Crippen LogP contribution in [-0.2, 0) is 17.1 Å². The number of sulfonamides is 1. The molecule has 162 valence electrons. The average Bonchev–Trinajstić information content (AvgIpc) is 3.10. The van der Waals surface area contributed by atoms with Crippen molar-refractivity contribution in [3.63, 3.8) is 0 Å². The van der Waals surface area contributed by atoms with E-state index < -0.39 is 20.9 Å². The van der Waals surface area contributed by atoms with Crippen LogP contribution >= 0.6 is 11.6 Å². The molecule has 0 fully saturated rings. The Kier molecular flexibility index (Phi) is 6.00. The van der Waals surface area contributed by atoms with Crippen molar-refractivity contribution in [1.82, 2.24) is 9.78 Å². The smallest absolute Gasteiger partial charge is 0.271 e. The van der Waals surface area contributed by atoms with Crippen molar-refractivity contribution in [1.29, 1.82) is 0 Å². The second-order valence-electron chi connectivity index (χ2n) is 6.67. The lowest BCUT2D eigenvalue weighted by Gasteiger charge is -2.21. The van der Waals surface area contributed by atoms with Gasteiger partial charge in [-0.3, -0.25) is 23.9 Å². The lowest BCUT2D eigenvalue weighted by atomic mass is 10.2. The van der Waals surface area contributed by atoms with E-state index in [0.29, 0.717) is 0 Å². The predicted molar refractivity (Wildman–Crippen MR) is 116 cm³/mol. The van der Waals surface area contributed by atoms with Crippen molar-refractivity contribution < 1.29 is 18.1 Å². The fourth-order valence-electron chi connectivity index (χ4n) is 2.86. The van der Waals surface area contributed by atoms with Crippen molar-refractivity contribution >= 4 is 44.7 Å². The number of amides is 1. The van der Waals surface area contributed by atoms with Gasteiger partial charge in [-0.05, 0) is 25.1 Å². The highest BCUT2D eigenvalue weighted by Crippen LogP contribution is 2.29. The molecular weight excluding hydrogens is 446 g/mol. The summed E-state index contributed by atoms with van der Waals surface area (Å²) in [7, 11) is -1.13. The summed E-state index contributed by atoms with van der Waals surface area (Å²) < 4.78 is 28.3. The molecule has 0 spiro atoms.